The number of aromatic nitrogens is 2. The molecule has 134 valence electrons. The van der Waals surface area contributed by atoms with Gasteiger partial charge in [-0.2, -0.15) is 0 Å². The van der Waals surface area contributed by atoms with Gasteiger partial charge in [0.15, 0.2) is 0 Å². The Morgan fingerprint density at radius 2 is 1.88 bits per heavy atom. The molecule has 0 fully saturated rings. The quantitative estimate of drug-likeness (QED) is 0.659. The Kier molecular flexibility index (Phi) is 5.37. The summed E-state index contributed by atoms with van der Waals surface area (Å²) in [6.45, 7) is 4.67. The first-order chi connectivity index (χ1) is 12.5. The number of nitrogens with one attached hydrogen (secondary N) is 1. The van der Waals surface area contributed by atoms with Crippen LogP contribution in [0.3, 0.4) is 0 Å². The molecule has 0 radical (unpaired) electrons. The van der Waals surface area contributed by atoms with Crippen LogP contribution in [0, 0.1) is 13.8 Å². The predicted octanol–water partition coefficient (Wildman–Crippen LogP) is 4.01. The molecule has 0 unspecified atom stereocenters. The van der Waals surface area contributed by atoms with Crippen molar-refractivity contribution in [2.45, 2.75) is 20.3 Å². The van der Waals surface area contributed by atoms with Gasteiger partial charge in [-0.15, -0.1) is 0 Å². The summed E-state index contributed by atoms with van der Waals surface area (Å²) in [6.07, 6.45) is 0.882. The molecule has 0 aliphatic heterocycles. The van der Waals surface area contributed by atoms with Crippen molar-refractivity contribution in [3.8, 4) is 17.0 Å². The maximum atomic E-state index is 6.03. The zero-order valence-electron chi connectivity index (χ0n) is 15.4. The van der Waals surface area contributed by atoms with Crippen molar-refractivity contribution < 1.29 is 4.74 Å². The fourth-order valence-corrected chi connectivity index (χ4v) is 2.77. The minimum Gasteiger partial charge on any atom is -0.497 e. The highest BCUT2D eigenvalue weighted by Gasteiger charge is 2.06. The third-order valence-corrected chi connectivity index (χ3v) is 4.27. The van der Waals surface area contributed by atoms with E-state index in [0.29, 0.717) is 0 Å². The number of ether oxygens (including phenoxy) is 1. The number of aryl methyl sites for hydroxylation is 2. The molecule has 0 atom stereocenters. The smallest absolute Gasteiger partial charge is 0.130 e. The molecule has 1 aromatic heterocycles. The van der Waals surface area contributed by atoms with Gasteiger partial charge >= 0.3 is 0 Å². The van der Waals surface area contributed by atoms with Crippen molar-refractivity contribution in [2.75, 3.05) is 24.7 Å². The zero-order chi connectivity index (χ0) is 18.5. The molecule has 0 saturated carbocycles. The fraction of sp³-hybridized carbons (Fsp3) is 0.238. The first-order valence-electron chi connectivity index (χ1n) is 8.64. The predicted molar refractivity (Wildman–Crippen MR) is 107 cm³/mol. The van der Waals surface area contributed by atoms with Crippen LogP contribution >= 0.6 is 0 Å². The van der Waals surface area contributed by atoms with Crippen molar-refractivity contribution in [3.05, 3.63) is 65.5 Å². The first kappa shape index (κ1) is 17.7. The topological polar surface area (TPSA) is 73.1 Å². The van der Waals surface area contributed by atoms with Gasteiger partial charge in [0.05, 0.1) is 12.8 Å². The van der Waals surface area contributed by atoms with Crippen LogP contribution in [0.5, 0.6) is 5.75 Å². The monoisotopic (exact) mass is 348 g/mol. The lowest BCUT2D eigenvalue weighted by atomic mass is 10.1. The van der Waals surface area contributed by atoms with Gasteiger partial charge in [-0.3, -0.25) is 0 Å². The Balaban J connectivity index is 1.72. The zero-order valence-corrected chi connectivity index (χ0v) is 15.4. The van der Waals surface area contributed by atoms with Crippen molar-refractivity contribution in [3.63, 3.8) is 0 Å². The van der Waals surface area contributed by atoms with Crippen molar-refractivity contribution in [1.82, 2.24) is 9.97 Å². The number of rotatable bonds is 6. The molecule has 5 heteroatoms. The summed E-state index contributed by atoms with van der Waals surface area (Å²) in [5, 5.41) is 3.38. The van der Waals surface area contributed by atoms with Gasteiger partial charge < -0.3 is 15.8 Å². The summed E-state index contributed by atoms with van der Waals surface area (Å²) < 4.78 is 5.27. The molecule has 0 saturated heterocycles. The summed E-state index contributed by atoms with van der Waals surface area (Å²) in [6, 6.07) is 16.1. The van der Waals surface area contributed by atoms with Gasteiger partial charge in [0, 0.05) is 23.9 Å². The highest BCUT2D eigenvalue weighted by Crippen LogP contribution is 2.24. The van der Waals surface area contributed by atoms with Gasteiger partial charge in [-0.25, -0.2) is 9.97 Å². The van der Waals surface area contributed by atoms with Crippen molar-refractivity contribution >= 4 is 11.5 Å². The molecule has 26 heavy (non-hydrogen) atoms. The second-order valence-electron chi connectivity index (χ2n) is 6.29. The highest BCUT2D eigenvalue weighted by atomic mass is 16.5. The third-order valence-electron chi connectivity index (χ3n) is 4.27. The molecular weight excluding hydrogens is 324 g/mol. The molecule has 1 heterocycles. The van der Waals surface area contributed by atoms with Gasteiger partial charge in [0.25, 0.3) is 0 Å². The molecular formula is C21H24N4O. The van der Waals surface area contributed by atoms with E-state index in [1.165, 1.54) is 5.56 Å². The standard InChI is InChI=1S/C21H24N4O/c1-14-7-8-17(12-19(14)22)20-13-21(25-15(2)24-20)23-10-9-16-5-4-6-18(11-16)26-3/h4-8,11-13H,9-10,22H2,1-3H3,(H,23,24,25). The van der Waals surface area contributed by atoms with E-state index in [4.69, 9.17) is 10.5 Å². The highest BCUT2D eigenvalue weighted by molar-refractivity contribution is 5.68. The van der Waals surface area contributed by atoms with E-state index in [1.807, 2.05) is 56.3 Å². The first-order valence-corrected chi connectivity index (χ1v) is 8.64. The summed E-state index contributed by atoms with van der Waals surface area (Å²) in [7, 11) is 1.68. The number of nitrogens with zero attached hydrogens (tertiary/aromatic N) is 2. The molecule has 3 N–H and O–H groups in total. The van der Waals surface area contributed by atoms with E-state index in [1.54, 1.807) is 7.11 Å². The van der Waals surface area contributed by atoms with E-state index < -0.39 is 0 Å². The number of anilines is 2. The van der Waals surface area contributed by atoms with Crippen LogP contribution in [-0.2, 0) is 6.42 Å². The minimum atomic E-state index is 0.727. The minimum absolute atomic E-state index is 0.727. The summed E-state index contributed by atoms with van der Waals surface area (Å²) in [5.41, 5.74) is 10.9. The Morgan fingerprint density at radius 3 is 2.65 bits per heavy atom. The van der Waals surface area contributed by atoms with Crippen LogP contribution in [0.15, 0.2) is 48.5 Å². The van der Waals surface area contributed by atoms with Crippen LogP contribution in [0.25, 0.3) is 11.3 Å². The largest absolute Gasteiger partial charge is 0.497 e. The molecule has 0 spiro atoms. The Labute approximate surface area is 154 Å². The van der Waals surface area contributed by atoms with Gasteiger partial charge in [0.2, 0.25) is 0 Å². The van der Waals surface area contributed by atoms with Crippen LogP contribution in [0.1, 0.15) is 17.0 Å². The maximum Gasteiger partial charge on any atom is 0.130 e. The lowest BCUT2D eigenvalue weighted by Gasteiger charge is -2.10. The average Bonchev–Trinajstić information content (AvgIpc) is 2.64. The SMILES string of the molecule is COc1cccc(CCNc2cc(-c3ccc(C)c(N)c3)nc(C)n2)c1. The molecule has 0 aliphatic carbocycles. The van der Waals surface area contributed by atoms with Crippen LogP contribution in [0.4, 0.5) is 11.5 Å². The molecule has 3 aromatic rings. The second-order valence-corrected chi connectivity index (χ2v) is 6.29. The average molecular weight is 348 g/mol. The van der Waals surface area contributed by atoms with Gasteiger partial charge in [-0.05, 0) is 49.6 Å². The summed E-state index contributed by atoms with van der Waals surface area (Å²) >= 11 is 0. The molecule has 2 aromatic carbocycles. The number of methoxy groups -OCH3 is 1. The van der Waals surface area contributed by atoms with Crippen LogP contribution in [-0.4, -0.2) is 23.6 Å². The van der Waals surface area contributed by atoms with Crippen molar-refractivity contribution in [1.29, 1.82) is 0 Å². The van der Waals surface area contributed by atoms with E-state index in [-0.39, 0.29) is 0 Å². The molecule has 0 aliphatic rings. The summed E-state index contributed by atoms with van der Waals surface area (Å²) in [5.74, 6) is 2.42. The van der Waals surface area contributed by atoms with Crippen LogP contribution in [0.2, 0.25) is 0 Å². The number of nitrogen functional groups attached to an aromatic ring is 1. The fourth-order valence-electron chi connectivity index (χ4n) is 2.77. The van der Waals surface area contributed by atoms with E-state index in [0.717, 1.165) is 52.9 Å². The summed E-state index contributed by atoms with van der Waals surface area (Å²) in [4.78, 5) is 9.03. The number of hydrogen-bond donors (Lipinski definition) is 2. The normalized spacial score (nSPS) is 10.6. The van der Waals surface area contributed by atoms with E-state index in [2.05, 4.69) is 21.4 Å². The molecule has 5 nitrogen and oxygen atoms in total. The van der Waals surface area contributed by atoms with Crippen molar-refractivity contribution in [2.24, 2.45) is 0 Å². The Morgan fingerprint density at radius 1 is 1.04 bits per heavy atom. The second kappa shape index (κ2) is 7.87. The Bertz CT molecular complexity index is 908. The van der Waals surface area contributed by atoms with E-state index in [9.17, 15) is 0 Å². The third kappa shape index (κ3) is 4.30. The maximum absolute atomic E-state index is 6.03. The lowest BCUT2D eigenvalue weighted by molar-refractivity contribution is 0.414. The Hall–Kier alpha value is -3.08. The molecule has 3 rings (SSSR count). The van der Waals surface area contributed by atoms with Gasteiger partial charge in [-0.1, -0.05) is 24.3 Å². The molecule has 0 amide bonds. The molecule has 0 bridgehead atoms. The number of nitrogens with two attached hydrogens (primary N) is 1. The van der Waals surface area contributed by atoms with Crippen LogP contribution < -0.4 is 15.8 Å². The number of benzene rings is 2. The number of hydrogen-bond acceptors (Lipinski definition) is 5. The lowest BCUT2D eigenvalue weighted by Crippen LogP contribution is -2.08. The van der Waals surface area contributed by atoms with E-state index >= 15 is 0 Å². The van der Waals surface area contributed by atoms with Gasteiger partial charge in [0.1, 0.15) is 17.4 Å².